The maximum atomic E-state index is 13.4. The standard InChI is InChI=1S/C39H54O6Si/c1-27(40)44-29-20-23-39(7,36(26-29)45-28(2)41)34-21-24-38(6)33(18-19-35(38)42)32(34)22-25-43-46(37(3,4)5,30-14-10-8-11-15-30)31-16-12-9-13-17-31/h8-17,29,32-34,36H,18-26H2,1-7H3/t29-,32-,33?,34?,36-,38-,39+/m0/s1. The topological polar surface area (TPSA) is 78.9 Å². The van der Waals surface area contributed by atoms with Crippen molar-refractivity contribution >= 4 is 36.4 Å². The molecule has 3 fully saturated rings. The van der Waals surface area contributed by atoms with E-state index in [0.717, 1.165) is 38.5 Å². The number of rotatable bonds is 9. The van der Waals surface area contributed by atoms with Crippen molar-refractivity contribution in [2.24, 2.45) is 28.6 Å². The van der Waals surface area contributed by atoms with Crippen molar-refractivity contribution in [1.82, 2.24) is 0 Å². The molecular formula is C39H54O6Si. The lowest BCUT2D eigenvalue weighted by Crippen LogP contribution is -2.66. The van der Waals surface area contributed by atoms with Gasteiger partial charge in [0.1, 0.15) is 18.0 Å². The lowest BCUT2D eigenvalue weighted by molar-refractivity contribution is -0.179. The fourth-order valence-electron chi connectivity index (χ4n) is 9.80. The van der Waals surface area contributed by atoms with Gasteiger partial charge in [-0.25, -0.2) is 0 Å². The molecule has 7 atom stereocenters. The summed E-state index contributed by atoms with van der Waals surface area (Å²) >= 11 is 0. The molecule has 250 valence electrons. The van der Waals surface area contributed by atoms with Gasteiger partial charge in [0.2, 0.25) is 0 Å². The lowest BCUT2D eigenvalue weighted by atomic mass is 9.50. The molecule has 0 N–H and O–H groups in total. The minimum Gasteiger partial charge on any atom is -0.462 e. The number of carbonyl (C=O) groups excluding carboxylic acids is 3. The second-order valence-corrected chi connectivity index (χ2v) is 20.0. The molecule has 3 aliphatic rings. The summed E-state index contributed by atoms with van der Waals surface area (Å²) < 4.78 is 19.1. The van der Waals surface area contributed by atoms with Crippen LogP contribution in [0.3, 0.4) is 0 Å². The Morgan fingerprint density at radius 2 is 1.41 bits per heavy atom. The Hall–Kier alpha value is -2.77. The first-order valence-electron chi connectivity index (χ1n) is 17.3. The van der Waals surface area contributed by atoms with Crippen LogP contribution >= 0.6 is 0 Å². The second kappa shape index (κ2) is 13.4. The van der Waals surface area contributed by atoms with Gasteiger partial charge in [-0.1, -0.05) is 95.3 Å². The van der Waals surface area contributed by atoms with Crippen molar-refractivity contribution in [3.63, 3.8) is 0 Å². The van der Waals surface area contributed by atoms with E-state index in [-0.39, 0.29) is 57.8 Å². The minimum atomic E-state index is -2.72. The van der Waals surface area contributed by atoms with E-state index >= 15 is 0 Å². The quantitative estimate of drug-likeness (QED) is 0.215. The van der Waals surface area contributed by atoms with Gasteiger partial charge in [0.05, 0.1) is 0 Å². The molecule has 3 aliphatic carbocycles. The molecule has 5 rings (SSSR count). The molecule has 46 heavy (non-hydrogen) atoms. The van der Waals surface area contributed by atoms with Crippen molar-refractivity contribution in [3.05, 3.63) is 60.7 Å². The predicted molar refractivity (Wildman–Crippen MR) is 183 cm³/mol. The zero-order valence-electron chi connectivity index (χ0n) is 29.0. The third kappa shape index (κ3) is 6.38. The molecule has 0 heterocycles. The molecular weight excluding hydrogens is 593 g/mol. The summed E-state index contributed by atoms with van der Waals surface area (Å²) in [6.07, 6.45) is 5.62. The molecule has 0 amide bonds. The fourth-order valence-corrected chi connectivity index (χ4v) is 14.4. The molecule has 0 bridgehead atoms. The van der Waals surface area contributed by atoms with E-state index in [1.54, 1.807) is 0 Å². The van der Waals surface area contributed by atoms with Gasteiger partial charge < -0.3 is 13.9 Å². The molecule has 6 nitrogen and oxygen atoms in total. The molecule has 7 heteroatoms. The number of hydrogen-bond acceptors (Lipinski definition) is 6. The van der Waals surface area contributed by atoms with Crippen LogP contribution in [0.5, 0.6) is 0 Å². The molecule has 0 aromatic heterocycles. The lowest BCUT2D eigenvalue weighted by Gasteiger charge is -2.56. The van der Waals surface area contributed by atoms with Gasteiger partial charge in [0, 0.05) is 44.1 Å². The molecule has 2 aromatic carbocycles. The summed E-state index contributed by atoms with van der Waals surface area (Å²) in [6.45, 7) is 14.9. The summed E-state index contributed by atoms with van der Waals surface area (Å²) in [5.74, 6) is 0.560. The number of carbonyl (C=O) groups is 3. The third-order valence-corrected chi connectivity index (χ3v) is 17.1. The first-order chi connectivity index (χ1) is 21.7. The first kappa shape index (κ1) is 34.6. The zero-order valence-corrected chi connectivity index (χ0v) is 30.0. The Balaban J connectivity index is 1.50. The van der Waals surface area contributed by atoms with Gasteiger partial charge in [-0.05, 0) is 71.7 Å². The van der Waals surface area contributed by atoms with Crippen LogP contribution in [0.2, 0.25) is 5.04 Å². The summed E-state index contributed by atoms with van der Waals surface area (Å²) in [5, 5.41) is 2.40. The Morgan fingerprint density at radius 3 is 1.96 bits per heavy atom. The summed E-state index contributed by atoms with van der Waals surface area (Å²) in [7, 11) is -2.72. The number of ether oxygens (including phenoxy) is 2. The highest BCUT2D eigenvalue weighted by Crippen LogP contribution is 2.61. The number of esters is 2. The molecule has 0 saturated heterocycles. The van der Waals surface area contributed by atoms with Crippen LogP contribution in [0.25, 0.3) is 0 Å². The maximum Gasteiger partial charge on any atom is 0.302 e. The highest BCUT2D eigenvalue weighted by molar-refractivity contribution is 6.99. The average molecular weight is 647 g/mol. The smallest absolute Gasteiger partial charge is 0.302 e. The van der Waals surface area contributed by atoms with Crippen LogP contribution in [-0.4, -0.2) is 44.9 Å². The van der Waals surface area contributed by atoms with Crippen LogP contribution in [0.15, 0.2) is 60.7 Å². The van der Waals surface area contributed by atoms with E-state index < -0.39 is 8.32 Å². The van der Waals surface area contributed by atoms with Crippen LogP contribution in [-0.2, 0) is 28.3 Å². The van der Waals surface area contributed by atoms with Gasteiger partial charge in [0.25, 0.3) is 8.32 Å². The van der Waals surface area contributed by atoms with E-state index in [9.17, 15) is 14.4 Å². The van der Waals surface area contributed by atoms with Gasteiger partial charge >= 0.3 is 11.9 Å². The van der Waals surface area contributed by atoms with Crippen molar-refractivity contribution in [2.75, 3.05) is 6.61 Å². The number of Topliss-reactive ketones (excluding diaryl/α,β-unsaturated/α-hetero) is 1. The normalized spacial score (nSPS) is 31.6. The SMILES string of the molecule is CC(=O)O[C@H]1CC[C@](C)(C2CC[C@]3(C)C(=O)CCC3[C@@H]2CCO[Si](c2ccccc2)(c2ccccc2)C(C)(C)C)[C@@H](OC(C)=O)C1. The number of ketones is 1. The molecule has 2 unspecified atom stereocenters. The van der Waals surface area contributed by atoms with Crippen LogP contribution in [0.4, 0.5) is 0 Å². The monoisotopic (exact) mass is 646 g/mol. The third-order valence-electron chi connectivity index (χ3n) is 12.0. The fraction of sp³-hybridized carbons (Fsp3) is 0.615. The molecule has 0 aliphatic heterocycles. The van der Waals surface area contributed by atoms with Crippen molar-refractivity contribution in [2.45, 2.75) is 117 Å². The Bertz CT molecular complexity index is 1350. The van der Waals surface area contributed by atoms with Crippen LogP contribution in [0, 0.1) is 28.6 Å². The van der Waals surface area contributed by atoms with Crippen molar-refractivity contribution < 1.29 is 28.3 Å². The molecule has 0 radical (unpaired) electrons. The largest absolute Gasteiger partial charge is 0.462 e. The van der Waals surface area contributed by atoms with Gasteiger partial charge in [-0.2, -0.15) is 0 Å². The summed E-state index contributed by atoms with van der Waals surface area (Å²) in [6, 6.07) is 21.5. The van der Waals surface area contributed by atoms with E-state index in [1.807, 2.05) is 0 Å². The van der Waals surface area contributed by atoms with Crippen LogP contribution in [0.1, 0.15) is 99.8 Å². The van der Waals surface area contributed by atoms with Gasteiger partial charge in [0.15, 0.2) is 0 Å². The highest BCUT2D eigenvalue weighted by Gasteiger charge is 2.59. The van der Waals surface area contributed by atoms with Crippen LogP contribution < -0.4 is 10.4 Å². The van der Waals surface area contributed by atoms with E-state index in [0.29, 0.717) is 25.2 Å². The number of hydrogen-bond donors (Lipinski definition) is 0. The number of benzene rings is 2. The van der Waals surface area contributed by atoms with Crippen molar-refractivity contribution in [3.8, 4) is 0 Å². The summed E-state index contributed by atoms with van der Waals surface area (Å²) in [5.41, 5.74) is -0.613. The molecule has 3 saturated carbocycles. The Morgan fingerprint density at radius 1 is 0.826 bits per heavy atom. The second-order valence-electron chi connectivity index (χ2n) is 15.7. The highest BCUT2D eigenvalue weighted by atomic mass is 28.4. The van der Waals surface area contributed by atoms with E-state index in [2.05, 4.69) is 95.3 Å². The maximum absolute atomic E-state index is 13.4. The van der Waals surface area contributed by atoms with Gasteiger partial charge in [-0.15, -0.1) is 0 Å². The molecule has 2 aromatic rings. The Kier molecular flexibility index (Phi) is 10.1. The predicted octanol–water partition coefficient (Wildman–Crippen LogP) is 7.02. The number of fused-ring (bicyclic) bond motifs is 1. The van der Waals surface area contributed by atoms with E-state index in [1.165, 1.54) is 24.2 Å². The zero-order chi connectivity index (χ0) is 33.3. The Labute approximate surface area is 277 Å². The molecule has 0 spiro atoms. The van der Waals surface area contributed by atoms with Gasteiger partial charge in [-0.3, -0.25) is 14.4 Å². The first-order valence-corrected chi connectivity index (χ1v) is 19.3. The van der Waals surface area contributed by atoms with E-state index in [4.69, 9.17) is 13.9 Å². The minimum absolute atomic E-state index is 0.124. The summed E-state index contributed by atoms with van der Waals surface area (Å²) in [4.78, 5) is 37.7. The van der Waals surface area contributed by atoms with Crippen molar-refractivity contribution in [1.29, 1.82) is 0 Å². The average Bonchev–Trinajstić information content (AvgIpc) is 3.31.